The lowest BCUT2D eigenvalue weighted by Crippen LogP contribution is -2.41. The van der Waals surface area contributed by atoms with Crippen LogP contribution in [0.5, 0.6) is 0 Å². The zero-order valence-corrected chi connectivity index (χ0v) is 18.8. The Kier molecular flexibility index (Phi) is 6.52. The lowest BCUT2D eigenvalue weighted by Gasteiger charge is -2.22. The number of aromatic nitrogens is 3. The Morgan fingerprint density at radius 3 is 2.58 bits per heavy atom. The van der Waals surface area contributed by atoms with Gasteiger partial charge in [-0.1, -0.05) is 35.9 Å². The molecular weight excluding hydrogens is 444 g/mol. The summed E-state index contributed by atoms with van der Waals surface area (Å²) in [4.78, 5) is 25.2. The molecule has 10 nitrogen and oxygen atoms in total. The fourth-order valence-corrected chi connectivity index (χ4v) is 5.20. The maximum Gasteiger partial charge on any atom is 0.324 e. The Morgan fingerprint density at radius 1 is 1.12 bits per heavy atom. The van der Waals surface area contributed by atoms with Crippen LogP contribution in [0.25, 0.3) is 0 Å². The van der Waals surface area contributed by atoms with Gasteiger partial charge in [0, 0.05) is 12.2 Å². The van der Waals surface area contributed by atoms with Gasteiger partial charge in [-0.25, -0.2) is 8.42 Å². The molecule has 11 heteroatoms. The first-order valence-electron chi connectivity index (χ1n) is 10.4. The molecular formula is C22H24N6O4S. The third-order valence-corrected chi connectivity index (χ3v) is 7.10. The van der Waals surface area contributed by atoms with Crippen molar-refractivity contribution in [2.75, 3.05) is 17.6 Å². The number of ether oxygens (including phenoxy) is 1. The molecule has 3 aromatic rings. The Morgan fingerprint density at radius 2 is 1.85 bits per heavy atom. The van der Waals surface area contributed by atoms with Crippen molar-refractivity contribution in [2.24, 2.45) is 0 Å². The van der Waals surface area contributed by atoms with Crippen molar-refractivity contribution in [3.63, 3.8) is 0 Å². The van der Waals surface area contributed by atoms with Crippen LogP contribution in [0.15, 0.2) is 59.5 Å². The van der Waals surface area contributed by atoms with Crippen LogP contribution >= 0.6 is 0 Å². The van der Waals surface area contributed by atoms with Gasteiger partial charge in [0.2, 0.25) is 21.9 Å². The van der Waals surface area contributed by atoms with Crippen molar-refractivity contribution >= 4 is 33.6 Å². The number of rotatable bonds is 7. The smallest absolute Gasteiger partial charge is 0.324 e. The summed E-state index contributed by atoms with van der Waals surface area (Å²) in [5.41, 5.74) is 7.47. The molecule has 0 bridgehead atoms. The molecule has 1 fully saturated rings. The Balaban J connectivity index is 1.44. The van der Waals surface area contributed by atoms with Crippen LogP contribution in [0.2, 0.25) is 0 Å². The number of para-hydroxylation sites is 1. The predicted molar refractivity (Wildman–Crippen MR) is 122 cm³/mol. The van der Waals surface area contributed by atoms with Gasteiger partial charge in [-0.05, 0) is 44.0 Å². The fourth-order valence-electron chi connectivity index (χ4n) is 3.55. The van der Waals surface area contributed by atoms with E-state index < -0.39 is 22.0 Å². The van der Waals surface area contributed by atoms with Crippen LogP contribution in [0, 0.1) is 6.92 Å². The molecule has 0 unspecified atom stereocenters. The standard InChI is InChI=1S/C22H24N6O4S/c1-15-9-11-17(12-10-15)33(30,31)28-13-5-8-18(28)20(29)32-14-19-25-21(23)27-22(26-19)24-16-6-3-2-4-7-16/h2-4,6-7,9-12,18H,5,8,13-14H2,1H3,(H3,23,24,25,26,27)/t18-/m0/s1. The average Bonchev–Trinajstić information content (AvgIpc) is 3.29. The van der Waals surface area contributed by atoms with E-state index in [1.54, 1.807) is 24.3 Å². The van der Waals surface area contributed by atoms with E-state index in [2.05, 4.69) is 20.3 Å². The Hall–Kier alpha value is -3.57. The van der Waals surface area contributed by atoms with E-state index in [9.17, 15) is 13.2 Å². The molecule has 1 aliphatic rings. The fraction of sp³-hybridized carbons (Fsp3) is 0.273. The summed E-state index contributed by atoms with van der Waals surface area (Å²) < 4.78 is 32.7. The zero-order valence-electron chi connectivity index (χ0n) is 18.0. The second kappa shape index (κ2) is 9.51. The number of carbonyl (C=O) groups is 1. The molecule has 0 radical (unpaired) electrons. The van der Waals surface area contributed by atoms with Gasteiger partial charge in [0.25, 0.3) is 0 Å². The molecule has 1 aliphatic heterocycles. The Labute approximate surface area is 191 Å². The van der Waals surface area contributed by atoms with E-state index >= 15 is 0 Å². The number of nitrogen functional groups attached to an aromatic ring is 1. The number of nitrogens with one attached hydrogen (secondary N) is 1. The number of carbonyl (C=O) groups excluding carboxylic acids is 1. The van der Waals surface area contributed by atoms with Gasteiger partial charge < -0.3 is 15.8 Å². The van der Waals surface area contributed by atoms with E-state index in [1.165, 1.54) is 4.31 Å². The number of anilines is 3. The van der Waals surface area contributed by atoms with Crippen LogP contribution in [0.1, 0.15) is 24.2 Å². The highest BCUT2D eigenvalue weighted by Crippen LogP contribution is 2.27. The normalized spacial score (nSPS) is 16.5. The third kappa shape index (κ3) is 5.26. The number of esters is 1. The van der Waals surface area contributed by atoms with Crippen LogP contribution in [-0.2, 0) is 26.2 Å². The summed E-state index contributed by atoms with van der Waals surface area (Å²) in [5, 5.41) is 3.01. The molecule has 1 aromatic heterocycles. The molecule has 0 spiro atoms. The van der Waals surface area contributed by atoms with Crippen molar-refractivity contribution in [3.8, 4) is 0 Å². The topological polar surface area (TPSA) is 140 Å². The van der Waals surface area contributed by atoms with Crippen molar-refractivity contribution in [3.05, 3.63) is 66.0 Å². The molecule has 2 heterocycles. The second-order valence-electron chi connectivity index (χ2n) is 7.62. The molecule has 0 amide bonds. The first-order chi connectivity index (χ1) is 15.8. The van der Waals surface area contributed by atoms with E-state index in [4.69, 9.17) is 10.5 Å². The van der Waals surface area contributed by atoms with Crippen LogP contribution in [-0.4, -0.2) is 46.2 Å². The van der Waals surface area contributed by atoms with Crippen LogP contribution in [0.4, 0.5) is 17.6 Å². The minimum atomic E-state index is -3.82. The second-order valence-corrected chi connectivity index (χ2v) is 9.51. The maximum absolute atomic E-state index is 13.1. The summed E-state index contributed by atoms with van der Waals surface area (Å²) >= 11 is 0. The van der Waals surface area contributed by atoms with E-state index in [0.717, 1.165) is 11.3 Å². The highest BCUT2D eigenvalue weighted by Gasteiger charge is 2.40. The summed E-state index contributed by atoms with van der Waals surface area (Å²) in [6.45, 7) is 1.87. The van der Waals surface area contributed by atoms with E-state index in [1.807, 2.05) is 37.3 Å². The molecule has 0 saturated carbocycles. The number of hydrogen-bond donors (Lipinski definition) is 2. The number of nitrogens with zero attached hydrogens (tertiary/aromatic N) is 4. The van der Waals surface area contributed by atoms with Gasteiger partial charge in [0.1, 0.15) is 6.04 Å². The number of aryl methyl sites for hydroxylation is 1. The minimum absolute atomic E-state index is 0.0288. The first-order valence-corrected chi connectivity index (χ1v) is 11.8. The highest BCUT2D eigenvalue weighted by molar-refractivity contribution is 7.89. The molecule has 3 N–H and O–H groups in total. The van der Waals surface area contributed by atoms with Crippen LogP contribution < -0.4 is 11.1 Å². The molecule has 33 heavy (non-hydrogen) atoms. The van der Waals surface area contributed by atoms with Gasteiger partial charge in [-0.2, -0.15) is 19.3 Å². The number of benzene rings is 2. The molecule has 1 saturated heterocycles. The monoisotopic (exact) mass is 468 g/mol. The summed E-state index contributed by atoms with van der Waals surface area (Å²) in [6.07, 6.45) is 0.943. The van der Waals surface area contributed by atoms with E-state index in [0.29, 0.717) is 12.8 Å². The number of hydrogen-bond acceptors (Lipinski definition) is 9. The maximum atomic E-state index is 13.1. The van der Waals surface area contributed by atoms with Crippen LogP contribution in [0.3, 0.4) is 0 Å². The minimum Gasteiger partial charge on any atom is -0.456 e. The molecule has 4 rings (SSSR count). The SMILES string of the molecule is Cc1ccc(S(=O)(=O)N2CCC[C@H]2C(=O)OCc2nc(N)nc(Nc3ccccc3)n2)cc1. The quantitative estimate of drug-likeness (QED) is 0.500. The number of nitrogens with two attached hydrogens (primary N) is 1. The number of sulfonamides is 1. The molecule has 2 aromatic carbocycles. The van der Waals surface area contributed by atoms with Crippen molar-refractivity contribution in [1.82, 2.24) is 19.3 Å². The third-order valence-electron chi connectivity index (χ3n) is 5.18. The Bertz CT molecular complexity index is 1240. The van der Waals surface area contributed by atoms with Crippen molar-refractivity contribution < 1.29 is 17.9 Å². The van der Waals surface area contributed by atoms with E-state index in [-0.39, 0.29) is 35.8 Å². The van der Waals surface area contributed by atoms with Crippen molar-refractivity contribution in [1.29, 1.82) is 0 Å². The highest BCUT2D eigenvalue weighted by atomic mass is 32.2. The van der Waals surface area contributed by atoms with Gasteiger partial charge in [0.05, 0.1) is 4.90 Å². The molecule has 172 valence electrons. The van der Waals surface area contributed by atoms with Gasteiger partial charge in [-0.3, -0.25) is 4.79 Å². The predicted octanol–water partition coefficient (Wildman–Crippen LogP) is 2.40. The molecule has 0 aliphatic carbocycles. The largest absolute Gasteiger partial charge is 0.456 e. The van der Waals surface area contributed by atoms with Gasteiger partial charge in [0.15, 0.2) is 12.4 Å². The summed E-state index contributed by atoms with van der Waals surface area (Å²) in [5.74, 6) is -0.317. The first kappa shape index (κ1) is 22.6. The van der Waals surface area contributed by atoms with Crippen molar-refractivity contribution in [2.45, 2.75) is 37.3 Å². The van der Waals surface area contributed by atoms with Gasteiger partial charge >= 0.3 is 5.97 Å². The lowest BCUT2D eigenvalue weighted by atomic mass is 10.2. The molecule has 1 atom stereocenters. The summed E-state index contributed by atoms with van der Waals surface area (Å²) in [7, 11) is -3.82. The van der Waals surface area contributed by atoms with Gasteiger partial charge in [-0.15, -0.1) is 0 Å². The zero-order chi connectivity index (χ0) is 23.4. The lowest BCUT2D eigenvalue weighted by molar-refractivity contribution is -0.149. The average molecular weight is 469 g/mol. The summed E-state index contributed by atoms with van der Waals surface area (Å²) in [6, 6.07) is 14.9.